The average Bonchev–Trinajstić information content (AvgIpc) is 2.68. The minimum atomic E-state index is -1.05. The third kappa shape index (κ3) is 4.27. The van der Waals surface area contributed by atoms with Crippen molar-refractivity contribution < 1.29 is 24.2 Å². The number of aryl methyl sites for hydroxylation is 1. The van der Waals surface area contributed by atoms with Gasteiger partial charge in [0.05, 0.1) is 16.8 Å². The Balaban J connectivity index is 1.96. The highest BCUT2D eigenvalue weighted by molar-refractivity contribution is 6.00. The van der Waals surface area contributed by atoms with Crippen LogP contribution in [0.4, 0.5) is 0 Å². The summed E-state index contributed by atoms with van der Waals surface area (Å²) in [5, 5.41) is 10.4. The van der Waals surface area contributed by atoms with E-state index in [-0.39, 0.29) is 5.56 Å². The SMILES string of the molecule is CCOC(C)(C)C(=O)Oc1ccc(-c2nc3c(C)cccc3cc2C(=O)O)cc1. The van der Waals surface area contributed by atoms with E-state index in [9.17, 15) is 14.7 Å². The van der Waals surface area contributed by atoms with E-state index in [1.165, 1.54) is 0 Å². The number of para-hydroxylation sites is 1. The van der Waals surface area contributed by atoms with Crippen LogP contribution in [0.15, 0.2) is 48.5 Å². The first-order valence-electron chi connectivity index (χ1n) is 9.33. The summed E-state index contributed by atoms with van der Waals surface area (Å²) < 4.78 is 10.8. The van der Waals surface area contributed by atoms with Crippen LogP contribution in [0.5, 0.6) is 5.75 Å². The zero-order valence-corrected chi connectivity index (χ0v) is 16.9. The molecule has 0 aliphatic rings. The van der Waals surface area contributed by atoms with Crippen LogP contribution in [0.2, 0.25) is 0 Å². The summed E-state index contributed by atoms with van der Waals surface area (Å²) in [7, 11) is 0. The van der Waals surface area contributed by atoms with Gasteiger partial charge in [0.25, 0.3) is 0 Å². The zero-order valence-electron chi connectivity index (χ0n) is 16.9. The van der Waals surface area contributed by atoms with Crippen molar-refractivity contribution in [2.24, 2.45) is 0 Å². The minimum Gasteiger partial charge on any atom is -0.478 e. The van der Waals surface area contributed by atoms with Crippen molar-refractivity contribution >= 4 is 22.8 Å². The van der Waals surface area contributed by atoms with Gasteiger partial charge in [-0.15, -0.1) is 0 Å². The van der Waals surface area contributed by atoms with Gasteiger partial charge in [-0.2, -0.15) is 0 Å². The minimum absolute atomic E-state index is 0.116. The van der Waals surface area contributed by atoms with E-state index >= 15 is 0 Å². The molecule has 29 heavy (non-hydrogen) atoms. The molecule has 6 nitrogen and oxygen atoms in total. The molecule has 0 radical (unpaired) electrons. The lowest BCUT2D eigenvalue weighted by molar-refractivity contribution is -0.157. The van der Waals surface area contributed by atoms with Crippen LogP contribution in [0.1, 0.15) is 36.7 Å². The Hall–Kier alpha value is -3.25. The summed E-state index contributed by atoms with van der Waals surface area (Å²) in [6.45, 7) is 7.43. The quantitative estimate of drug-likeness (QED) is 0.485. The number of esters is 1. The highest BCUT2D eigenvalue weighted by Gasteiger charge is 2.30. The summed E-state index contributed by atoms with van der Waals surface area (Å²) in [5.74, 6) is -1.21. The molecule has 1 aromatic heterocycles. The number of hydrogen-bond donors (Lipinski definition) is 1. The molecule has 0 saturated carbocycles. The summed E-state index contributed by atoms with van der Waals surface area (Å²) in [4.78, 5) is 28.7. The predicted octanol–water partition coefficient (Wildman–Crippen LogP) is 4.63. The second-order valence-electron chi connectivity index (χ2n) is 7.19. The van der Waals surface area contributed by atoms with Crippen molar-refractivity contribution in [1.29, 1.82) is 0 Å². The third-order valence-corrected chi connectivity index (χ3v) is 4.61. The summed E-state index contributed by atoms with van der Waals surface area (Å²) in [5.41, 5.74) is 1.76. The van der Waals surface area contributed by atoms with Crippen molar-refractivity contribution in [2.45, 2.75) is 33.3 Å². The first-order chi connectivity index (χ1) is 13.7. The topological polar surface area (TPSA) is 85.7 Å². The number of aromatic nitrogens is 1. The Bertz CT molecular complexity index is 1070. The molecule has 1 N–H and O–H groups in total. The van der Waals surface area contributed by atoms with Crippen LogP contribution in [-0.4, -0.2) is 34.2 Å². The average molecular weight is 393 g/mol. The van der Waals surface area contributed by atoms with Gasteiger partial charge in [0.15, 0.2) is 5.60 Å². The molecule has 0 unspecified atom stereocenters. The van der Waals surface area contributed by atoms with Crippen molar-refractivity contribution in [3.63, 3.8) is 0 Å². The Morgan fingerprint density at radius 3 is 2.41 bits per heavy atom. The van der Waals surface area contributed by atoms with E-state index in [1.807, 2.05) is 32.0 Å². The Kier molecular flexibility index (Phi) is 5.66. The van der Waals surface area contributed by atoms with Crippen molar-refractivity contribution in [2.75, 3.05) is 6.61 Å². The molecule has 3 aromatic rings. The van der Waals surface area contributed by atoms with Crippen molar-refractivity contribution in [1.82, 2.24) is 4.98 Å². The number of nitrogens with zero attached hydrogens (tertiary/aromatic N) is 1. The fourth-order valence-electron chi connectivity index (χ4n) is 3.06. The number of carbonyl (C=O) groups excluding carboxylic acids is 1. The van der Waals surface area contributed by atoms with Crippen LogP contribution >= 0.6 is 0 Å². The summed E-state index contributed by atoms with van der Waals surface area (Å²) >= 11 is 0. The zero-order chi connectivity index (χ0) is 21.2. The number of pyridine rings is 1. The fourth-order valence-corrected chi connectivity index (χ4v) is 3.06. The molecule has 0 spiro atoms. The molecule has 0 bridgehead atoms. The van der Waals surface area contributed by atoms with Gasteiger partial charge in [-0.05, 0) is 63.6 Å². The lowest BCUT2D eigenvalue weighted by atomic mass is 10.0. The molecule has 6 heteroatoms. The largest absolute Gasteiger partial charge is 0.478 e. The standard InChI is InChI=1S/C23H23NO5/c1-5-28-23(3,4)22(27)29-17-11-9-15(10-12-17)20-18(21(25)26)13-16-8-6-7-14(2)19(16)24-20/h6-13H,5H2,1-4H3,(H,25,26). The van der Waals surface area contributed by atoms with E-state index in [1.54, 1.807) is 44.2 Å². The second kappa shape index (κ2) is 8.01. The van der Waals surface area contributed by atoms with Gasteiger partial charge in [0, 0.05) is 17.6 Å². The maximum absolute atomic E-state index is 12.3. The Morgan fingerprint density at radius 2 is 1.79 bits per heavy atom. The molecule has 0 saturated heterocycles. The molecule has 3 rings (SSSR count). The third-order valence-electron chi connectivity index (χ3n) is 4.61. The monoisotopic (exact) mass is 393 g/mol. The van der Waals surface area contributed by atoms with Gasteiger partial charge in [0.2, 0.25) is 0 Å². The molecular weight excluding hydrogens is 370 g/mol. The van der Waals surface area contributed by atoms with Gasteiger partial charge in [-0.3, -0.25) is 0 Å². The fraction of sp³-hybridized carbons (Fsp3) is 0.261. The van der Waals surface area contributed by atoms with Crippen LogP contribution in [-0.2, 0) is 9.53 Å². The number of ether oxygens (including phenoxy) is 2. The Labute approximate surface area is 169 Å². The summed E-state index contributed by atoms with van der Waals surface area (Å²) in [6, 6.07) is 13.9. The van der Waals surface area contributed by atoms with E-state index in [4.69, 9.17) is 9.47 Å². The van der Waals surface area contributed by atoms with Gasteiger partial charge in [-0.1, -0.05) is 18.2 Å². The van der Waals surface area contributed by atoms with Crippen molar-refractivity contribution in [3.05, 3.63) is 59.7 Å². The molecule has 150 valence electrons. The number of carboxylic acids is 1. The van der Waals surface area contributed by atoms with E-state index < -0.39 is 17.5 Å². The molecular formula is C23H23NO5. The smallest absolute Gasteiger partial charge is 0.343 e. The van der Waals surface area contributed by atoms with Gasteiger partial charge >= 0.3 is 11.9 Å². The second-order valence-corrected chi connectivity index (χ2v) is 7.19. The maximum atomic E-state index is 12.3. The highest BCUT2D eigenvalue weighted by atomic mass is 16.6. The van der Waals surface area contributed by atoms with Gasteiger partial charge in [-0.25, -0.2) is 14.6 Å². The van der Waals surface area contributed by atoms with Crippen LogP contribution in [0, 0.1) is 6.92 Å². The molecule has 2 aromatic carbocycles. The lowest BCUT2D eigenvalue weighted by Crippen LogP contribution is -2.38. The van der Waals surface area contributed by atoms with Gasteiger partial charge < -0.3 is 14.6 Å². The van der Waals surface area contributed by atoms with Crippen LogP contribution < -0.4 is 4.74 Å². The molecule has 0 aliphatic heterocycles. The maximum Gasteiger partial charge on any atom is 0.343 e. The number of fused-ring (bicyclic) bond motifs is 1. The first kappa shape index (κ1) is 20.5. The molecule has 1 heterocycles. The molecule has 0 fully saturated rings. The van der Waals surface area contributed by atoms with Gasteiger partial charge in [0.1, 0.15) is 5.75 Å². The molecule has 0 amide bonds. The number of rotatable bonds is 6. The normalized spacial score (nSPS) is 11.4. The number of hydrogen-bond acceptors (Lipinski definition) is 5. The first-order valence-corrected chi connectivity index (χ1v) is 9.33. The molecule has 0 aliphatic carbocycles. The Morgan fingerprint density at radius 1 is 1.10 bits per heavy atom. The van der Waals surface area contributed by atoms with Crippen LogP contribution in [0.25, 0.3) is 22.2 Å². The van der Waals surface area contributed by atoms with E-state index in [0.29, 0.717) is 23.6 Å². The summed E-state index contributed by atoms with van der Waals surface area (Å²) in [6.07, 6.45) is 0. The number of aromatic carboxylic acids is 1. The van der Waals surface area contributed by atoms with E-state index in [0.717, 1.165) is 16.5 Å². The number of carboxylic acid groups (broad SMARTS) is 1. The number of carbonyl (C=O) groups is 2. The molecule has 0 atom stereocenters. The number of benzene rings is 2. The van der Waals surface area contributed by atoms with Crippen LogP contribution in [0.3, 0.4) is 0 Å². The lowest BCUT2D eigenvalue weighted by Gasteiger charge is -2.22. The van der Waals surface area contributed by atoms with E-state index in [2.05, 4.69) is 4.98 Å². The highest BCUT2D eigenvalue weighted by Crippen LogP contribution is 2.29. The predicted molar refractivity (Wildman–Crippen MR) is 110 cm³/mol. The van der Waals surface area contributed by atoms with Crippen molar-refractivity contribution in [3.8, 4) is 17.0 Å².